The van der Waals surface area contributed by atoms with Crippen molar-refractivity contribution < 1.29 is 9.47 Å². The minimum Gasteiger partial charge on any atom is -0.382 e. The molecule has 19 heavy (non-hydrogen) atoms. The molecule has 0 unspecified atom stereocenters. The van der Waals surface area contributed by atoms with Gasteiger partial charge >= 0.3 is 0 Å². The molecule has 1 N–H and O–H groups in total. The Labute approximate surface area is 115 Å². The molecule has 5 heteroatoms. The van der Waals surface area contributed by atoms with Gasteiger partial charge in [-0.2, -0.15) is 0 Å². The summed E-state index contributed by atoms with van der Waals surface area (Å²) in [6.45, 7) is 9.07. The van der Waals surface area contributed by atoms with Crippen molar-refractivity contribution >= 4 is 0 Å². The fourth-order valence-electron chi connectivity index (χ4n) is 1.38. The Bertz CT molecular complexity index is 347. The molecule has 0 saturated heterocycles. The first-order valence-electron chi connectivity index (χ1n) is 6.63. The van der Waals surface area contributed by atoms with Gasteiger partial charge < -0.3 is 14.8 Å². The fraction of sp³-hybridized carbons (Fsp3) is 0.714. The van der Waals surface area contributed by atoms with Gasteiger partial charge in [0, 0.05) is 43.6 Å². The number of aromatic nitrogens is 2. The zero-order valence-electron chi connectivity index (χ0n) is 12.4. The number of nitrogens with one attached hydrogen (secondary N) is 1. The van der Waals surface area contributed by atoms with E-state index in [1.807, 2.05) is 12.4 Å². The first-order chi connectivity index (χ1) is 9.01. The second-order valence-electron chi connectivity index (χ2n) is 5.47. The summed E-state index contributed by atoms with van der Waals surface area (Å²) < 4.78 is 10.3. The summed E-state index contributed by atoms with van der Waals surface area (Å²) in [6, 6.07) is 0. The van der Waals surface area contributed by atoms with Crippen LogP contribution in [0, 0.1) is 0 Å². The number of rotatable bonds is 8. The van der Waals surface area contributed by atoms with E-state index < -0.39 is 0 Å². The van der Waals surface area contributed by atoms with Crippen molar-refractivity contribution in [3.63, 3.8) is 0 Å². The summed E-state index contributed by atoms with van der Waals surface area (Å²) in [5.41, 5.74) is 1.20. The summed E-state index contributed by atoms with van der Waals surface area (Å²) in [5, 5.41) is 3.41. The van der Waals surface area contributed by atoms with Gasteiger partial charge in [0.05, 0.1) is 19.8 Å². The highest BCUT2D eigenvalue weighted by atomic mass is 16.5. The van der Waals surface area contributed by atoms with Crippen molar-refractivity contribution in [3.05, 3.63) is 23.8 Å². The highest BCUT2D eigenvalue weighted by Crippen LogP contribution is 2.03. The Hall–Kier alpha value is -1.04. The summed E-state index contributed by atoms with van der Waals surface area (Å²) in [5.74, 6) is 0.817. The second-order valence-corrected chi connectivity index (χ2v) is 5.47. The molecule has 1 aromatic rings. The van der Waals surface area contributed by atoms with Gasteiger partial charge in [-0.3, -0.25) is 0 Å². The molecule has 0 atom stereocenters. The SMILES string of the molecule is COCCOCCc1ncc(CNC(C)(C)C)cn1. The normalized spacial score (nSPS) is 11.8. The van der Waals surface area contributed by atoms with Gasteiger partial charge in [-0.25, -0.2) is 9.97 Å². The zero-order valence-corrected chi connectivity index (χ0v) is 12.4. The van der Waals surface area contributed by atoms with Crippen LogP contribution < -0.4 is 5.32 Å². The lowest BCUT2D eigenvalue weighted by Crippen LogP contribution is -2.35. The third-order valence-corrected chi connectivity index (χ3v) is 2.48. The maximum atomic E-state index is 5.38. The highest BCUT2D eigenvalue weighted by molar-refractivity contribution is 5.05. The maximum absolute atomic E-state index is 5.38. The number of ether oxygens (including phenoxy) is 2. The van der Waals surface area contributed by atoms with Crippen molar-refractivity contribution in [2.45, 2.75) is 39.3 Å². The molecule has 0 aliphatic heterocycles. The molecule has 0 spiro atoms. The van der Waals surface area contributed by atoms with Crippen molar-refractivity contribution in [2.75, 3.05) is 26.9 Å². The summed E-state index contributed by atoms with van der Waals surface area (Å²) in [7, 11) is 1.66. The number of hydrogen-bond donors (Lipinski definition) is 1. The van der Waals surface area contributed by atoms with E-state index in [1.54, 1.807) is 7.11 Å². The summed E-state index contributed by atoms with van der Waals surface area (Å²) in [6.07, 6.45) is 4.48. The van der Waals surface area contributed by atoms with Gasteiger partial charge in [-0.1, -0.05) is 0 Å². The quantitative estimate of drug-likeness (QED) is 0.725. The first-order valence-corrected chi connectivity index (χ1v) is 6.63. The summed E-state index contributed by atoms with van der Waals surface area (Å²) >= 11 is 0. The molecule has 0 saturated carbocycles. The molecule has 0 fully saturated rings. The average Bonchev–Trinajstić information content (AvgIpc) is 2.37. The van der Waals surface area contributed by atoms with Gasteiger partial charge in [0.2, 0.25) is 0 Å². The van der Waals surface area contributed by atoms with E-state index in [1.165, 1.54) is 0 Å². The Morgan fingerprint density at radius 3 is 2.37 bits per heavy atom. The van der Waals surface area contributed by atoms with Crippen LogP contribution in [0.25, 0.3) is 0 Å². The van der Waals surface area contributed by atoms with E-state index in [0.29, 0.717) is 19.8 Å². The van der Waals surface area contributed by atoms with Crippen LogP contribution >= 0.6 is 0 Å². The molecule has 0 aliphatic rings. The predicted octanol–water partition coefficient (Wildman–Crippen LogP) is 1.57. The zero-order chi connectivity index (χ0) is 14.1. The van der Waals surface area contributed by atoms with Gasteiger partial charge in [0.15, 0.2) is 0 Å². The van der Waals surface area contributed by atoms with Crippen LogP contribution in [0.15, 0.2) is 12.4 Å². The molecular weight excluding hydrogens is 242 g/mol. The van der Waals surface area contributed by atoms with E-state index in [9.17, 15) is 0 Å². The number of nitrogens with zero attached hydrogens (tertiary/aromatic N) is 2. The lowest BCUT2D eigenvalue weighted by Gasteiger charge is -2.20. The molecule has 1 aromatic heterocycles. The molecule has 1 heterocycles. The second kappa shape index (κ2) is 8.19. The largest absolute Gasteiger partial charge is 0.382 e. The van der Waals surface area contributed by atoms with Gasteiger partial charge in [0.25, 0.3) is 0 Å². The Kier molecular flexibility index (Phi) is 6.91. The number of hydrogen-bond acceptors (Lipinski definition) is 5. The molecule has 0 aromatic carbocycles. The Balaban J connectivity index is 2.27. The van der Waals surface area contributed by atoms with Crippen LogP contribution in [0.4, 0.5) is 0 Å². The van der Waals surface area contributed by atoms with Crippen LogP contribution in [0.2, 0.25) is 0 Å². The molecule has 0 aliphatic carbocycles. The minimum atomic E-state index is 0.105. The van der Waals surface area contributed by atoms with Gasteiger partial charge in [0.1, 0.15) is 5.82 Å². The van der Waals surface area contributed by atoms with E-state index in [2.05, 4.69) is 36.1 Å². The van der Waals surface area contributed by atoms with Crippen LogP contribution in [0.3, 0.4) is 0 Å². The Morgan fingerprint density at radius 2 is 1.79 bits per heavy atom. The van der Waals surface area contributed by atoms with Crippen molar-refractivity contribution in [1.82, 2.24) is 15.3 Å². The lowest BCUT2D eigenvalue weighted by atomic mass is 10.1. The molecule has 108 valence electrons. The number of methoxy groups -OCH3 is 1. The van der Waals surface area contributed by atoms with Crippen molar-refractivity contribution in [1.29, 1.82) is 0 Å². The molecule has 1 rings (SSSR count). The predicted molar refractivity (Wildman–Crippen MR) is 75.0 cm³/mol. The third-order valence-electron chi connectivity index (χ3n) is 2.48. The monoisotopic (exact) mass is 267 g/mol. The lowest BCUT2D eigenvalue weighted by molar-refractivity contribution is 0.0716. The standard InChI is InChI=1S/C14H25N3O2/c1-14(2,3)17-11-12-9-15-13(16-10-12)5-6-19-8-7-18-4/h9-10,17H,5-8,11H2,1-4H3. The summed E-state index contributed by atoms with van der Waals surface area (Å²) in [4.78, 5) is 8.67. The van der Waals surface area contributed by atoms with Crippen molar-refractivity contribution in [3.8, 4) is 0 Å². The van der Waals surface area contributed by atoms with Crippen LogP contribution in [0.1, 0.15) is 32.2 Å². The smallest absolute Gasteiger partial charge is 0.130 e. The van der Waals surface area contributed by atoms with E-state index in [4.69, 9.17) is 9.47 Å². The van der Waals surface area contributed by atoms with Crippen LogP contribution in [-0.4, -0.2) is 42.4 Å². The Morgan fingerprint density at radius 1 is 1.11 bits per heavy atom. The van der Waals surface area contributed by atoms with Crippen LogP contribution in [0.5, 0.6) is 0 Å². The average molecular weight is 267 g/mol. The van der Waals surface area contributed by atoms with Crippen LogP contribution in [-0.2, 0) is 22.4 Å². The molecule has 0 amide bonds. The fourth-order valence-corrected chi connectivity index (χ4v) is 1.38. The minimum absolute atomic E-state index is 0.105. The van der Waals surface area contributed by atoms with E-state index >= 15 is 0 Å². The maximum Gasteiger partial charge on any atom is 0.130 e. The van der Waals surface area contributed by atoms with Gasteiger partial charge in [-0.15, -0.1) is 0 Å². The van der Waals surface area contributed by atoms with Crippen molar-refractivity contribution in [2.24, 2.45) is 0 Å². The molecule has 0 bridgehead atoms. The van der Waals surface area contributed by atoms with E-state index in [-0.39, 0.29) is 5.54 Å². The molecular formula is C14H25N3O2. The van der Waals surface area contributed by atoms with Gasteiger partial charge in [-0.05, 0) is 20.8 Å². The van der Waals surface area contributed by atoms with E-state index in [0.717, 1.165) is 24.4 Å². The molecule has 5 nitrogen and oxygen atoms in total. The highest BCUT2D eigenvalue weighted by Gasteiger charge is 2.08. The molecule has 0 radical (unpaired) electrons. The first kappa shape index (κ1) is 16.0. The third kappa shape index (κ3) is 7.87. The topological polar surface area (TPSA) is 56.3 Å².